The predicted octanol–water partition coefficient (Wildman–Crippen LogP) is 6.93. The lowest BCUT2D eigenvalue weighted by Crippen LogP contribution is -2.29. The maximum atomic E-state index is 13.9. The molecule has 0 saturated heterocycles. The number of nitroso groups, excluding NO2 is 1. The molecule has 34 heavy (non-hydrogen) atoms. The molecule has 0 aliphatic carbocycles. The quantitative estimate of drug-likeness (QED) is 0.324. The van der Waals surface area contributed by atoms with Crippen molar-refractivity contribution in [3.8, 4) is 0 Å². The van der Waals surface area contributed by atoms with Crippen molar-refractivity contribution >= 4 is 34.6 Å². The molecule has 2 amide bonds. The molecule has 0 saturated carbocycles. The topological polar surface area (TPSA) is 78.8 Å². The summed E-state index contributed by atoms with van der Waals surface area (Å²) < 4.78 is 0. The molecule has 0 heterocycles. The van der Waals surface area contributed by atoms with Gasteiger partial charge in [-0.1, -0.05) is 60.7 Å². The molecule has 4 rings (SSSR count). The number of benzene rings is 4. The molecule has 1 N–H and O–H groups in total. The van der Waals surface area contributed by atoms with Crippen LogP contribution in [-0.4, -0.2) is 11.8 Å². The molecule has 168 valence electrons. The van der Waals surface area contributed by atoms with Crippen LogP contribution in [0.1, 0.15) is 31.8 Å². The summed E-state index contributed by atoms with van der Waals surface area (Å²) in [6.07, 6.45) is 0. The maximum Gasteiger partial charge on any atom is 0.263 e. The van der Waals surface area contributed by atoms with Crippen molar-refractivity contribution in [3.63, 3.8) is 0 Å². The lowest BCUT2D eigenvalue weighted by molar-refractivity contribution is 0.0998. The van der Waals surface area contributed by atoms with Crippen LogP contribution in [0.25, 0.3) is 0 Å². The highest BCUT2D eigenvalue weighted by atomic mass is 16.3. The van der Waals surface area contributed by atoms with Crippen LogP contribution in [0, 0.1) is 18.8 Å². The van der Waals surface area contributed by atoms with Crippen molar-refractivity contribution in [1.82, 2.24) is 0 Å². The van der Waals surface area contributed by atoms with Crippen molar-refractivity contribution < 1.29 is 9.59 Å². The molecule has 0 fully saturated rings. The number of anilines is 3. The number of rotatable bonds is 6. The number of carbonyl (C=O) groups is 2. The fourth-order valence-corrected chi connectivity index (χ4v) is 3.81. The van der Waals surface area contributed by atoms with E-state index >= 15 is 0 Å². The summed E-state index contributed by atoms with van der Waals surface area (Å²) in [5.41, 5.74) is 4.06. The molecule has 0 bridgehead atoms. The molecule has 0 radical (unpaired) electrons. The number of aryl methyl sites for hydroxylation is 2. The number of nitrogens with zero attached hydrogens (tertiary/aromatic N) is 2. The van der Waals surface area contributed by atoms with Gasteiger partial charge in [0.1, 0.15) is 5.69 Å². The highest BCUT2D eigenvalue weighted by Gasteiger charge is 2.26. The Morgan fingerprint density at radius 3 is 1.91 bits per heavy atom. The molecule has 0 atom stereocenters. The number of carbonyl (C=O) groups excluding carboxylic acids is 2. The maximum absolute atomic E-state index is 13.9. The molecule has 0 aliphatic heterocycles. The minimum absolute atomic E-state index is 0.125. The highest BCUT2D eigenvalue weighted by Crippen LogP contribution is 2.34. The molecule has 0 aliphatic rings. The zero-order valence-electron chi connectivity index (χ0n) is 18.9. The van der Waals surface area contributed by atoms with Crippen molar-refractivity contribution in [3.05, 3.63) is 124 Å². The average Bonchev–Trinajstić information content (AvgIpc) is 2.86. The lowest BCUT2D eigenvalue weighted by atomic mass is 10.0. The van der Waals surface area contributed by atoms with E-state index in [1.165, 1.54) is 6.07 Å². The summed E-state index contributed by atoms with van der Waals surface area (Å²) >= 11 is 0. The van der Waals surface area contributed by atoms with Crippen molar-refractivity contribution in [2.45, 2.75) is 13.8 Å². The average molecular weight is 450 g/mol. The SMILES string of the molecule is Cc1ccccc1C(=O)N(c1ccccc1C)c1ccccc1C(=O)Nc1ccccc1N=O. The first-order valence-corrected chi connectivity index (χ1v) is 10.8. The summed E-state index contributed by atoms with van der Waals surface area (Å²) in [5.74, 6) is -0.703. The minimum atomic E-state index is -0.456. The largest absolute Gasteiger partial charge is 0.320 e. The monoisotopic (exact) mass is 449 g/mol. The summed E-state index contributed by atoms with van der Waals surface area (Å²) in [6.45, 7) is 3.80. The number of para-hydroxylation sites is 3. The van der Waals surface area contributed by atoms with Crippen LogP contribution in [0.4, 0.5) is 22.7 Å². The van der Waals surface area contributed by atoms with Crippen LogP contribution in [0.3, 0.4) is 0 Å². The summed E-state index contributed by atoms with van der Waals surface area (Å²) in [4.78, 5) is 40.0. The third-order valence-electron chi connectivity index (χ3n) is 5.58. The highest BCUT2D eigenvalue weighted by molar-refractivity contribution is 6.17. The Balaban J connectivity index is 1.84. The molecule has 4 aromatic carbocycles. The number of nitrogens with one attached hydrogen (secondary N) is 1. The molecule has 4 aromatic rings. The Bertz CT molecular complexity index is 1380. The van der Waals surface area contributed by atoms with E-state index in [2.05, 4.69) is 10.5 Å². The van der Waals surface area contributed by atoms with E-state index in [-0.39, 0.29) is 17.2 Å². The van der Waals surface area contributed by atoms with Gasteiger partial charge in [0.25, 0.3) is 11.8 Å². The zero-order valence-corrected chi connectivity index (χ0v) is 18.9. The summed E-state index contributed by atoms with van der Waals surface area (Å²) in [5, 5.41) is 5.74. The second kappa shape index (κ2) is 9.92. The van der Waals surface area contributed by atoms with E-state index < -0.39 is 5.91 Å². The first kappa shape index (κ1) is 22.6. The van der Waals surface area contributed by atoms with Crippen LogP contribution in [0.15, 0.2) is 102 Å². The van der Waals surface area contributed by atoms with Gasteiger partial charge in [0.15, 0.2) is 0 Å². The first-order chi connectivity index (χ1) is 16.5. The fraction of sp³-hybridized carbons (Fsp3) is 0.0714. The normalized spacial score (nSPS) is 10.4. The molecule has 6 nitrogen and oxygen atoms in total. The van der Waals surface area contributed by atoms with E-state index in [0.717, 1.165) is 11.1 Å². The van der Waals surface area contributed by atoms with Crippen molar-refractivity contribution in [1.29, 1.82) is 0 Å². The summed E-state index contributed by atoms with van der Waals surface area (Å²) in [7, 11) is 0. The number of hydrogen-bond acceptors (Lipinski definition) is 4. The van der Waals surface area contributed by atoms with Gasteiger partial charge in [0, 0.05) is 5.56 Å². The van der Waals surface area contributed by atoms with Crippen LogP contribution < -0.4 is 10.2 Å². The van der Waals surface area contributed by atoms with Gasteiger partial charge in [-0.3, -0.25) is 14.5 Å². The Morgan fingerprint density at radius 1 is 0.676 bits per heavy atom. The smallest absolute Gasteiger partial charge is 0.263 e. The lowest BCUT2D eigenvalue weighted by Gasteiger charge is -2.27. The first-order valence-electron chi connectivity index (χ1n) is 10.8. The molecular weight excluding hydrogens is 426 g/mol. The van der Waals surface area contributed by atoms with E-state index in [9.17, 15) is 14.5 Å². The third-order valence-corrected chi connectivity index (χ3v) is 5.58. The van der Waals surface area contributed by atoms with E-state index in [0.29, 0.717) is 22.6 Å². The number of hydrogen-bond donors (Lipinski definition) is 1. The van der Waals surface area contributed by atoms with Crippen LogP contribution >= 0.6 is 0 Å². The van der Waals surface area contributed by atoms with Gasteiger partial charge >= 0.3 is 0 Å². The van der Waals surface area contributed by atoms with Gasteiger partial charge in [0.2, 0.25) is 0 Å². The Kier molecular flexibility index (Phi) is 6.59. The summed E-state index contributed by atoms with van der Waals surface area (Å²) in [6, 6.07) is 28.3. The van der Waals surface area contributed by atoms with E-state index in [1.807, 2.05) is 56.3 Å². The molecule has 0 unspecified atom stereocenters. The Labute approximate surface area is 197 Å². The third kappa shape index (κ3) is 4.47. The number of amides is 2. The van der Waals surface area contributed by atoms with Crippen LogP contribution in [0.2, 0.25) is 0 Å². The molecule has 0 spiro atoms. The Hall–Kier alpha value is -4.58. The van der Waals surface area contributed by atoms with Gasteiger partial charge in [-0.25, -0.2) is 0 Å². The van der Waals surface area contributed by atoms with Gasteiger partial charge < -0.3 is 5.32 Å². The van der Waals surface area contributed by atoms with Crippen LogP contribution in [0.5, 0.6) is 0 Å². The van der Waals surface area contributed by atoms with Gasteiger partial charge in [0.05, 0.1) is 22.6 Å². The molecule has 6 heteroatoms. The molecule has 0 aromatic heterocycles. The van der Waals surface area contributed by atoms with Crippen molar-refractivity contribution in [2.24, 2.45) is 5.18 Å². The minimum Gasteiger partial charge on any atom is -0.320 e. The second-order valence-corrected chi connectivity index (χ2v) is 7.82. The Morgan fingerprint density at radius 2 is 1.24 bits per heavy atom. The van der Waals surface area contributed by atoms with Gasteiger partial charge in [-0.15, -0.1) is 4.91 Å². The van der Waals surface area contributed by atoms with Gasteiger partial charge in [-0.2, -0.15) is 0 Å². The predicted molar refractivity (Wildman–Crippen MR) is 135 cm³/mol. The zero-order chi connectivity index (χ0) is 24.1. The molecular formula is C28H23N3O3. The fourth-order valence-electron chi connectivity index (χ4n) is 3.81. The standard InChI is InChI=1S/C28H23N3O3/c1-19-11-3-5-13-21(19)28(33)31(25-17-9-4-12-20(25)2)26-18-10-6-14-22(26)27(32)29-23-15-7-8-16-24(23)30-34/h3-18H,1-2H3,(H,29,32). The van der Waals surface area contributed by atoms with Crippen molar-refractivity contribution in [2.75, 3.05) is 10.2 Å². The van der Waals surface area contributed by atoms with Gasteiger partial charge in [-0.05, 0) is 66.5 Å². The van der Waals surface area contributed by atoms with E-state index in [1.54, 1.807) is 53.4 Å². The van der Waals surface area contributed by atoms with Crippen LogP contribution in [-0.2, 0) is 0 Å². The van der Waals surface area contributed by atoms with E-state index in [4.69, 9.17) is 0 Å². The second-order valence-electron chi connectivity index (χ2n) is 7.82.